The van der Waals surface area contributed by atoms with Gasteiger partial charge in [0.2, 0.25) is 5.91 Å². The Balaban J connectivity index is 1.79. The Bertz CT molecular complexity index is 1190. The molecule has 7 heteroatoms. The van der Waals surface area contributed by atoms with Gasteiger partial charge in [-0.1, -0.05) is 36.4 Å². The Hall–Kier alpha value is -3.32. The molecule has 0 spiro atoms. The van der Waals surface area contributed by atoms with Crippen LogP contribution in [0.3, 0.4) is 0 Å². The molecule has 3 aromatic carbocycles. The van der Waals surface area contributed by atoms with Crippen LogP contribution in [0, 0.1) is 13.8 Å². The zero-order valence-electron chi connectivity index (χ0n) is 20.3. The summed E-state index contributed by atoms with van der Waals surface area (Å²) in [7, 11) is -3.92. The molecular formula is C27H33N3O3S. The van der Waals surface area contributed by atoms with Crippen molar-refractivity contribution in [2.24, 2.45) is 0 Å². The number of hydrogen-bond donors (Lipinski definition) is 1. The van der Waals surface area contributed by atoms with E-state index in [9.17, 15) is 13.2 Å². The molecule has 3 aromatic rings. The van der Waals surface area contributed by atoms with Crippen LogP contribution in [0.25, 0.3) is 0 Å². The summed E-state index contributed by atoms with van der Waals surface area (Å²) in [6.45, 7) is 9.91. The fourth-order valence-electron chi connectivity index (χ4n) is 3.93. The molecule has 0 aliphatic rings. The highest BCUT2D eigenvalue weighted by atomic mass is 32.2. The van der Waals surface area contributed by atoms with Crippen molar-refractivity contribution in [1.82, 2.24) is 5.32 Å². The minimum absolute atomic E-state index is 0.147. The minimum atomic E-state index is -3.92. The maximum Gasteiger partial charge on any atom is 0.264 e. The van der Waals surface area contributed by atoms with Crippen LogP contribution < -0.4 is 14.5 Å². The zero-order valence-corrected chi connectivity index (χ0v) is 21.1. The van der Waals surface area contributed by atoms with E-state index in [0.29, 0.717) is 12.2 Å². The number of aryl methyl sites for hydroxylation is 2. The highest BCUT2D eigenvalue weighted by molar-refractivity contribution is 7.92. The van der Waals surface area contributed by atoms with E-state index in [4.69, 9.17) is 0 Å². The fourth-order valence-corrected chi connectivity index (χ4v) is 5.36. The fraction of sp³-hybridized carbons (Fsp3) is 0.296. The third-order valence-electron chi connectivity index (χ3n) is 5.67. The summed E-state index contributed by atoms with van der Waals surface area (Å²) < 4.78 is 28.1. The lowest BCUT2D eigenvalue weighted by molar-refractivity contribution is -0.119. The molecule has 0 aliphatic heterocycles. The van der Waals surface area contributed by atoms with Crippen molar-refractivity contribution in [1.29, 1.82) is 0 Å². The molecule has 3 rings (SSSR count). The van der Waals surface area contributed by atoms with E-state index in [-0.39, 0.29) is 17.3 Å². The Labute approximate surface area is 203 Å². The molecule has 0 saturated carbocycles. The molecule has 0 heterocycles. The molecule has 0 aromatic heterocycles. The van der Waals surface area contributed by atoms with Crippen molar-refractivity contribution in [3.05, 3.63) is 89.5 Å². The molecule has 6 nitrogen and oxygen atoms in total. The molecule has 0 bridgehead atoms. The van der Waals surface area contributed by atoms with Gasteiger partial charge in [-0.2, -0.15) is 0 Å². The summed E-state index contributed by atoms with van der Waals surface area (Å²) in [4.78, 5) is 15.3. The van der Waals surface area contributed by atoms with Crippen molar-refractivity contribution in [3.8, 4) is 0 Å². The van der Waals surface area contributed by atoms with Crippen LogP contribution in [0.2, 0.25) is 0 Å². The van der Waals surface area contributed by atoms with E-state index in [0.717, 1.165) is 35.5 Å². The molecule has 0 aliphatic carbocycles. The van der Waals surface area contributed by atoms with Gasteiger partial charge in [0, 0.05) is 25.3 Å². The van der Waals surface area contributed by atoms with Crippen LogP contribution in [0.5, 0.6) is 0 Å². The molecule has 180 valence electrons. The lowest BCUT2D eigenvalue weighted by atomic mass is 10.1. The van der Waals surface area contributed by atoms with Gasteiger partial charge < -0.3 is 10.2 Å². The molecule has 0 saturated heterocycles. The lowest BCUT2D eigenvalue weighted by Gasteiger charge is -2.25. The largest absolute Gasteiger partial charge is 0.372 e. The van der Waals surface area contributed by atoms with E-state index in [1.807, 2.05) is 44.2 Å². The van der Waals surface area contributed by atoms with E-state index < -0.39 is 10.0 Å². The molecule has 1 N–H and O–H groups in total. The molecule has 0 unspecified atom stereocenters. The second-order valence-corrected chi connectivity index (χ2v) is 10.1. The van der Waals surface area contributed by atoms with Gasteiger partial charge in [-0.05, 0) is 80.8 Å². The predicted octanol–water partition coefficient (Wildman–Crippen LogP) is 4.66. The van der Waals surface area contributed by atoms with E-state index in [1.54, 1.807) is 42.5 Å². The Morgan fingerprint density at radius 1 is 0.824 bits per heavy atom. The van der Waals surface area contributed by atoms with E-state index in [1.165, 1.54) is 4.31 Å². The van der Waals surface area contributed by atoms with Crippen molar-refractivity contribution >= 4 is 27.3 Å². The highest BCUT2D eigenvalue weighted by Crippen LogP contribution is 2.25. The number of carbonyl (C=O) groups excluding carboxylic acids is 1. The number of nitrogens with zero attached hydrogens (tertiary/aromatic N) is 2. The molecule has 0 atom stereocenters. The monoisotopic (exact) mass is 479 g/mol. The molecule has 1 amide bonds. The topological polar surface area (TPSA) is 69.7 Å². The normalized spacial score (nSPS) is 11.2. The molecule has 0 fully saturated rings. The number of rotatable bonds is 10. The first-order valence-electron chi connectivity index (χ1n) is 11.5. The van der Waals surface area contributed by atoms with Gasteiger partial charge in [0.05, 0.1) is 10.6 Å². The number of sulfonamides is 1. The van der Waals surface area contributed by atoms with Crippen LogP contribution in [0.1, 0.15) is 30.5 Å². The van der Waals surface area contributed by atoms with Crippen LogP contribution >= 0.6 is 0 Å². The lowest BCUT2D eigenvalue weighted by Crippen LogP contribution is -2.40. The quantitative estimate of drug-likeness (QED) is 0.459. The van der Waals surface area contributed by atoms with Crippen molar-refractivity contribution in [2.45, 2.75) is 39.1 Å². The number of hydrogen-bond acceptors (Lipinski definition) is 4. The number of nitrogens with one attached hydrogen (secondary N) is 1. The smallest absolute Gasteiger partial charge is 0.264 e. The van der Waals surface area contributed by atoms with Gasteiger partial charge in [-0.25, -0.2) is 8.42 Å². The first-order valence-corrected chi connectivity index (χ1v) is 12.9. The first-order chi connectivity index (χ1) is 16.2. The number of amides is 1. The summed E-state index contributed by atoms with van der Waals surface area (Å²) in [6, 6.07) is 21.8. The zero-order chi connectivity index (χ0) is 24.7. The summed E-state index contributed by atoms with van der Waals surface area (Å²) in [5.74, 6) is -0.369. The number of benzene rings is 3. The average Bonchev–Trinajstić information content (AvgIpc) is 2.82. The van der Waals surface area contributed by atoms with Crippen LogP contribution in [-0.2, 0) is 21.4 Å². The minimum Gasteiger partial charge on any atom is -0.372 e. The maximum absolute atomic E-state index is 13.5. The highest BCUT2D eigenvalue weighted by Gasteiger charge is 2.27. The Morgan fingerprint density at radius 3 is 1.97 bits per heavy atom. The summed E-state index contributed by atoms with van der Waals surface area (Å²) >= 11 is 0. The third kappa shape index (κ3) is 6.17. The van der Waals surface area contributed by atoms with E-state index >= 15 is 0 Å². The Morgan fingerprint density at radius 2 is 1.41 bits per heavy atom. The standard InChI is InChI=1S/C27H33N3O3S/c1-5-29(6-2)24-14-12-23(13-15-24)19-28-27(31)20-30(25-17-21(3)16-22(4)18-25)34(32,33)26-10-8-7-9-11-26/h7-18H,5-6,19-20H2,1-4H3,(H,28,31). The summed E-state index contributed by atoms with van der Waals surface area (Å²) in [5.41, 5.74) is 4.41. The van der Waals surface area contributed by atoms with Gasteiger partial charge in [-0.3, -0.25) is 9.10 Å². The van der Waals surface area contributed by atoms with Gasteiger partial charge in [0.25, 0.3) is 10.0 Å². The average molecular weight is 480 g/mol. The second kappa shape index (κ2) is 11.2. The van der Waals surface area contributed by atoms with E-state index in [2.05, 4.69) is 24.1 Å². The second-order valence-electron chi connectivity index (χ2n) is 8.29. The van der Waals surface area contributed by atoms with Crippen LogP contribution in [0.4, 0.5) is 11.4 Å². The SMILES string of the molecule is CCN(CC)c1ccc(CNC(=O)CN(c2cc(C)cc(C)c2)S(=O)(=O)c2ccccc2)cc1. The van der Waals surface area contributed by atoms with Crippen molar-refractivity contribution in [2.75, 3.05) is 28.8 Å². The number of carbonyl (C=O) groups is 1. The third-order valence-corrected chi connectivity index (χ3v) is 7.46. The molecule has 34 heavy (non-hydrogen) atoms. The number of anilines is 2. The predicted molar refractivity (Wildman–Crippen MR) is 139 cm³/mol. The van der Waals surface area contributed by atoms with Crippen LogP contribution in [-0.4, -0.2) is 34.0 Å². The van der Waals surface area contributed by atoms with Gasteiger partial charge in [-0.15, -0.1) is 0 Å². The maximum atomic E-state index is 13.5. The summed E-state index contributed by atoms with van der Waals surface area (Å²) in [5, 5.41) is 2.87. The first kappa shape index (κ1) is 25.3. The Kier molecular flexibility index (Phi) is 8.34. The van der Waals surface area contributed by atoms with Crippen LogP contribution in [0.15, 0.2) is 77.7 Å². The molecular weight excluding hydrogens is 446 g/mol. The van der Waals surface area contributed by atoms with Gasteiger partial charge in [0.1, 0.15) is 6.54 Å². The van der Waals surface area contributed by atoms with Crippen molar-refractivity contribution < 1.29 is 13.2 Å². The van der Waals surface area contributed by atoms with Gasteiger partial charge in [0.15, 0.2) is 0 Å². The van der Waals surface area contributed by atoms with Gasteiger partial charge >= 0.3 is 0 Å². The molecule has 0 radical (unpaired) electrons. The van der Waals surface area contributed by atoms with Crippen molar-refractivity contribution in [3.63, 3.8) is 0 Å². The summed E-state index contributed by atoms with van der Waals surface area (Å²) in [6.07, 6.45) is 0.